The smallest absolute Gasteiger partial charge is 0.269 e. The lowest BCUT2D eigenvalue weighted by molar-refractivity contribution is -0.0119. The molecule has 3 heterocycles. The van der Waals surface area contributed by atoms with Gasteiger partial charge in [-0.15, -0.1) is 5.10 Å². The van der Waals surface area contributed by atoms with Crippen molar-refractivity contribution >= 4 is 17.4 Å². The van der Waals surface area contributed by atoms with Gasteiger partial charge in [0.1, 0.15) is 11.5 Å². The van der Waals surface area contributed by atoms with Crippen LogP contribution >= 0.6 is 0 Å². The molecule has 8 heteroatoms. The van der Waals surface area contributed by atoms with Crippen molar-refractivity contribution in [3.8, 4) is 0 Å². The highest BCUT2D eigenvalue weighted by atomic mass is 19.3. The molecule has 0 aromatic carbocycles. The number of carbonyl (C=O) groups excluding carboxylic acids is 1. The van der Waals surface area contributed by atoms with Crippen molar-refractivity contribution in [3.63, 3.8) is 0 Å². The van der Waals surface area contributed by atoms with Crippen molar-refractivity contribution in [2.45, 2.75) is 25.7 Å². The quantitative estimate of drug-likeness (QED) is 0.908. The maximum absolute atomic E-state index is 13.5. The minimum absolute atomic E-state index is 0.109. The molecule has 0 unspecified atom stereocenters. The Morgan fingerprint density at radius 1 is 1.48 bits per heavy atom. The molecule has 1 fully saturated rings. The van der Waals surface area contributed by atoms with E-state index in [-0.39, 0.29) is 18.7 Å². The van der Waals surface area contributed by atoms with Gasteiger partial charge in [-0.05, 0) is 25.0 Å². The lowest BCUT2D eigenvalue weighted by Crippen LogP contribution is -2.43. The molecule has 21 heavy (non-hydrogen) atoms. The topological polar surface area (TPSA) is 76.5 Å². The number of alkyl halides is 2. The van der Waals surface area contributed by atoms with Crippen molar-refractivity contribution in [1.29, 1.82) is 0 Å². The molecule has 6 nitrogen and oxygen atoms in total. The van der Waals surface area contributed by atoms with Crippen LogP contribution in [-0.2, 0) is 0 Å². The predicted octanol–water partition coefficient (Wildman–Crippen LogP) is 1.37. The summed E-state index contributed by atoms with van der Waals surface area (Å²) in [5, 5.41) is 4.25. The van der Waals surface area contributed by atoms with Crippen LogP contribution in [0, 0.1) is 6.92 Å². The van der Waals surface area contributed by atoms with Gasteiger partial charge in [0.05, 0.1) is 12.7 Å². The molecule has 0 atom stereocenters. The molecule has 1 amide bonds. The number of aryl methyl sites for hydroxylation is 1. The molecule has 0 saturated carbocycles. The Hall–Kier alpha value is -2.25. The van der Waals surface area contributed by atoms with E-state index in [1.54, 1.807) is 13.0 Å². The summed E-state index contributed by atoms with van der Waals surface area (Å²) >= 11 is 0. The zero-order valence-electron chi connectivity index (χ0n) is 11.5. The fourth-order valence-corrected chi connectivity index (χ4v) is 2.59. The second kappa shape index (κ2) is 4.64. The van der Waals surface area contributed by atoms with Crippen molar-refractivity contribution in [3.05, 3.63) is 23.5 Å². The van der Waals surface area contributed by atoms with Crippen LogP contribution in [0.5, 0.6) is 0 Å². The number of piperidine rings is 1. The van der Waals surface area contributed by atoms with E-state index < -0.39 is 11.8 Å². The van der Waals surface area contributed by atoms with Crippen molar-refractivity contribution in [1.82, 2.24) is 14.6 Å². The first-order chi connectivity index (χ1) is 9.87. The molecular formula is C13H15F2N5O. The molecule has 1 aliphatic rings. The third-order valence-corrected chi connectivity index (χ3v) is 3.61. The normalized spacial score (nSPS) is 18.1. The molecule has 1 saturated heterocycles. The summed E-state index contributed by atoms with van der Waals surface area (Å²) in [6.45, 7) is 1.93. The second-order valence-corrected chi connectivity index (χ2v) is 5.31. The number of hydrogen-bond donors (Lipinski definition) is 1. The van der Waals surface area contributed by atoms with Gasteiger partial charge in [-0.1, -0.05) is 0 Å². The van der Waals surface area contributed by atoms with Gasteiger partial charge in [-0.2, -0.15) is 0 Å². The van der Waals surface area contributed by atoms with Crippen molar-refractivity contribution in [2.24, 2.45) is 5.73 Å². The fourth-order valence-electron chi connectivity index (χ4n) is 2.59. The Morgan fingerprint density at radius 2 is 2.24 bits per heavy atom. The molecular weight excluding hydrogens is 280 g/mol. The minimum atomic E-state index is -2.72. The number of halogens is 2. The summed E-state index contributed by atoms with van der Waals surface area (Å²) in [5.74, 6) is -2.97. The van der Waals surface area contributed by atoms with Crippen LogP contribution in [0.3, 0.4) is 0 Å². The highest BCUT2D eigenvalue weighted by Gasteiger charge is 2.36. The molecule has 1 aliphatic heterocycles. The number of nitrogens with two attached hydrogens (primary N) is 1. The highest BCUT2D eigenvalue weighted by molar-refractivity contribution is 5.91. The van der Waals surface area contributed by atoms with Gasteiger partial charge in [-0.25, -0.2) is 18.3 Å². The van der Waals surface area contributed by atoms with Crippen molar-refractivity contribution in [2.75, 3.05) is 18.0 Å². The average Bonchev–Trinajstić information content (AvgIpc) is 2.82. The Balaban J connectivity index is 2.07. The fraction of sp³-hybridized carbons (Fsp3) is 0.462. The van der Waals surface area contributed by atoms with E-state index in [0.717, 1.165) is 5.56 Å². The zero-order valence-corrected chi connectivity index (χ0v) is 11.5. The Kier molecular flexibility index (Phi) is 3.03. The van der Waals surface area contributed by atoms with Crippen LogP contribution in [0.2, 0.25) is 0 Å². The molecule has 112 valence electrons. The number of fused-ring (bicyclic) bond motifs is 1. The van der Waals surface area contributed by atoms with Crippen molar-refractivity contribution < 1.29 is 13.6 Å². The predicted molar refractivity (Wildman–Crippen MR) is 72.6 cm³/mol. The molecule has 2 aromatic rings. The van der Waals surface area contributed by atoms with E-state index in [4.69, 9.17) is 5.73 Å². The Morgan fingerprint density at radius 3 is 2.90 bits per heavy atom. The van der Waals surface area contributed by atoms with E-state index >= 15 is 0 Å². The van der Waals surface area contributed by atoms with Gasteiger partial charge in [0.2, 0.25) is 0 Å². The maximum Gasteiger partial charge on any atom is 0.269 e. The summed E-state index contributed by atoms with van der Waals surface area (Å²) in [5.41, 5.74) is 6.66. The third-order valence-electron chi connectivity index (χ3n) is 3.61. The number of carbonyl (C=O) groups is 1. The first-order valence-electron chi connectivity index (χ1n) is 6.65. The first-order valence-corrected chi connectivity index (χ1v) is 6.65. The number of hydrogen-bond acceptors (Lipinski definition) is 4. The number of aromatic nitrogens is 3. The summed E-state index contributed by atoms with van der Waals surface area (Å²) in [6, 6.07) is 1.70. The number of imidazole rings is 1. The van der Waals surface area contributed by atoms with E-state index in [2.05, 4.69) is 10.1 Å². The van der Waals surface area contributed by atoms with E-state index in [1.165, 1.54) is 15.6 Å². The molecule has 2 N–H and O–H groups in total. The highest BCUT2D eigenvalue weighted by Crippen LogP contribution is 2.29. The van der Waals surface area contributed by atoms with Crippen LogP contribution in [0.15, 0.2) is 12.3 Å². The lowest BCUT2D eigenvalue weighted by Gasteiger charge is -2.33. The van der Waals surface area contributed by atoms with Crippen LogP contribution in [-0.4, -0.2) is 39.5 Å². The maximum atomic E-state index is 13.5. The standard InChI is InChI=1S/C13H15F2N5O/c1-8-5-10(19-4-2-3-13(14,15)7-19)18-20-9(11(16)21)6-17-12(8)20/h5-6H,2-4,7H2,1H3,(H2,16,21). The molecule has 0 radical (unpaired) electrons. The summed E-state index contributed by atoms with van der Waals surface area (Å²) in [7, 11) is 0. The first kappa shape index (κ1) is 13.7. The Labute approximate surface area is 119 Å². The van der Waals surface area contributed by atoms with Gasteiger partial charge in [0.15, 0.2) is 5.65 Å². The average molecular weight is 295 g/mol. The molecule has 0 aliphatic carbocycles. The van der Waals surface area contributed by atoms with E-state index in [9.17, 15) is 13.6 Å². The number of amides is 1. The monoisotopic (exact) mass is 295 g/mol. The number of primary amides is 1. The lowest BCUT2D eigenvalue weighted by atomic mass is 10.1. The van der Waals surface area contributed by atoms with Gasteiger partial charge >= 0.3 is 0 Å². The zero-order chi connectivity index (χ0) is 15.2. The summed E-state index contributed by atoms with van der Waals surface area (Å²) in [6.07, 6.45) is 1.63. The molecule has 2 aromatic heterocycles. The molecule has 3 rings (SSSR count). The number of nitrogens with zero attached hydrogens (tertiary/aromatic N) is 4. The van der Waals surface area contributed by atoms with Crippen LogP contribution in [0.1, 0.15) is 28.9 Å². The second-order valence-electron chi connectivity index (χ2n) is 5.31. The molecule has 0 spiro atoms. The van der Waals surface area contributed by atoms with E-state index in [1.807, 2.05) is 0 Å². The van der Waals surface area contributed by atoms with Crippen LogP contribution in [0.25, 0.3) is 5.65 Å². The summed E-state index contributed by atoms with van der Waals surface area (Å²) < 4.78 is 28.4. The SMILES string of the molecule is Cc1cc(N2CCCC(F)(F)C2)nn2c(C(N)=O)cnc12. The Bertz CT molecular complexity index is 712. The van der Waals surface area contributed by atoms with E-state index in [0.29, 0.717) is 24.4 Å². The largest absolute Gasteiger partial charge is 0.364 e. The van der Waals surface area contributed by atoms with Crippen LogP contribution < -0.4 is 10.6 Å². The van der Waals surface area contributed by atoms with Gasteiger partial charge < -0.3 is 10.6 Å². The third kappa shape index (κ3) is 2.41. The van der Waals surface area contributed by atoms with Gasteiger partial charge in [0.25, 0.3) is 11.8 Å². The van der Waals surface area contributed by atoms with Crippen LogP contribution in [0.4, 0.5) is 14.6 Å². The summed E-state index contributed by atoms with van der Waals surface area (Å²) in [4.78, 5) is 17.0. The van der Waals surface area contributed by atoms with Gasteiger partial charge in [0, 0.05) is 13.0 Å². The molecule has 0 bridgehead atoms. The van der Waals surface area contributed by atoms with Gasteiger partial charge in [-0.3, -0.25) is 4.79 Å². The minimum Gasteiger partial charge on any atom is -0.364 e. The number of anilines is 1. The number of rotatable bonds is 2.